The van der Waals surface area contributed by atoms with Gasteiger partial charge in [-0.05, 0) is 25.0 Å². The van der Waals surface area contributed by atoms with Crippen LogP contribution >= 0.6 is 23.2 Å². The number of halogens is 2. The van der Waals surface area contributed by atoms with Gasteiger partial charge >= 0.3 is 0 Å². The summed E-state index contributed by atoms with van der Waals surface area (Å²) >= 11 is 11.9. The molecule has 0 saturated heterocycles. The fourth-order valence-electron chi connectivity index (χ4n) is 1.41. The van der Waals surface area contributed by atoms with Gasteiger partial charge in [-0.25, -0.2) is 0 Å². The number of para-hydroxylation sites is 1. The smallest absolute Gasteiger partial charge is 0.238 e. The van der Waals surface area contributed by atoms with Crippen molar-refractivity contribution >= 4 is 34.8 Å². The number of rotatable bonds is 6. The lowest BCUT2D eigenvalue weighted by Gasteiger charge is -2.19. The van der Waals surface area contributed by atoms with E-state index in [0.717, 1.165) is 0 Å². The lowest BCUT2D eigenvalue weighted by atomic mass is 10.1. The number of anilines is 1. The first-order chi connectivity index (χ1) is 8.95. The number of hydrogen-bond donors (Lipinski definition) is 3. The van der Waals surface area contributed by atoms with Gasteiger partial charge in [0.15, 0.2) is 0 Å². The van der Waals surface area contributed by atoms with Crippen LogP contribution in [0, 0.1) is 5.92 Å². The average Bonchev–Trinajstić information content (AvgIpc) is 2.39. The topological polar surface area (TPSA) is 61.4 Å². The number of carbonyl (C=O) groups excluding carboxylic acids is 1. The molecule has 3 N–H and O–H groups in total. The van der Waals surface area contributed by atoms with E-state index in [0.29, 0.717) is 15.7 Å². The van der Waals surface area contributed by atoms with Crippen LogP contribution in [0.2, 0.25) is 10.0 Å². The molecular weight excluding hydrogens is 287 g/mol. The maximum Gasteiger partial charge on any atom is 0.238 e. The second-order valence-corrected chi connectivity index (χ2v) is 5.29. The van der Waals surface area contributed by atoms with Crippen molar-refractivity contribution in [2.24, 2.45) is 5.92 Å². The van der Waals surface area contributed by atoms with Crippen LogP contribution in [0.3, 0.4) is 0 Å². The lowest BCUT2D eigenvalue weighted by Crippen LogP contribution is -2.39. The molecule has 1 aromatic rings. The number of nitrogens with one attached hydrogen (secondary N) is 2. The van der Waals surface area contributed by atoms with Crippen LogP contribution in [0.4, 0.5) is 5.69 Å². The van der Waals surface area contributed by atoms with Crippen molar-refractivity contribution in [1.82, 2.24) is 5.32 Å². The second-order valence-electron chi connectivity index (χ2n) is 4.47. The van der Waals surface area contributed by atoms with E-state index in [1.807, 2.05) is 13.8 Å². The van der Waals surface area contributed by atoms with E-state index >= 15 is 0 Å². The highest BCUT2D eigenvalue weighted by Crippen LogP contribution is 2.29. The van der Waals surface area contributed by atoms with Crippen molar-refractivity contribution in [3.8, 4) is 0 Å². The Bertz CT molecular complexity index is 420. The molecule has 0 spiro atoms. The molecule has 1 amide bonds. The molecule has 19 heavy (non-hydrogen) atoms. The zero-order valence-corrected chi connectivity index (χ0v) is 12.4. The van der Waals surface area contributed by atoms with Gasteiger partial charge in [-0.3, -0.25) is 4.79 Å². The quantitative estimate of drug-likeness (QED) is 0.757. The Balaban J connectivity index is 2.52. The van der Waals surface area contributed by atoms with Crippen molar-refractivity contribution in [3.05, 3.63) is 28.2 Å². The zero-order chi connectivity index (χ0) is 14.4. The summed E-state index contributed by atoms with van der Waals surface area (Å²) in [6.45, 7) is 4.02. The van der Waals surface area contributed by atoms with E-state index in [9.17, 15) is 4.79 Å². The lowest BCUT2D eigenvalue weighted by molar-refractivity contribution is -0.115. The average molecular weight is 305 g/mol. The fraction of sp³-hybridized carbons (Fsp3) is 0.462. The summed E-state index contributed by atoms with van der Waals surface area (Å²) in [5.74, 6) is -0.149. The number of aliphatic hydroxyl groups excluding tert-OH is 1. The molecule has 0 radical (unpaired) electrons. The van der Waals surface area contributed by atoms with Gasteiger partial charge in [-0.1, -0.05) is 36.2 Å². The minimum atomic E-state index is -0.230. The van der Waals surface area contributed by atoms with Crippen LogP contribution < -0.4 is 10.6 Å². The Labute approximate surface area is 123 Å². The van der Waals surface area contributed by atoms with Gasteiger partial charge in [0, 0.05) is 12.6 Å². The Morgan fingerprint density at radius 1 is 1.32 bits per heavy atom. The largest absolute Gasteiger partial charge is 0.396 e. The molecule has 0 aliphatic carbocycles. The fourth-order valence-corrected chi connectivity index (χ4v) is 1.91. The highest BCUT2D eigenvalue weighted by Gasteiger charge is 2.13. The normalized spacial score (nSPS) is 13.9. The highest BCUT2D eigenvalue weighted by molar-refractivity contribution is 6.39. The van der Waals surface area contributed by atoms with Crippen molar-refractivity contribution < 1.29 is 9.90 Å². The van der Waals surface area contributed by atoms with E-state index in [2.05, 4.69) is 10.6 Å². The Hall–Kier alpha value is -0.810. The Morgan fingerprint density at radius 2 is 1.89 bits per heavy atom. The Kier molecular flexibility index (Phi) is 6.58. The first kappa shape index (κ1) is 16.2. The molecule has 6 heteroatoms. The summed E-state index contributed by atoms with van der Waals surface area (Å²) in [4.78, 5) is 11.8. The first-order valence-corrected chi connectivity index (χ1v) is 6.79. The molecule has 1 rings (SSSR count). The summed E-state index contributed by atoms with van der Waals surface area (Å²) in [5, 5.41) is 15.5. The number of hydrogen-bond acceptors (Lipinski definition) is 3. The predicted octanol–water partition coefficient (Wildman–Crippen LogP) is 2.54. The van der Waals surface area contributed by atoms with Gasteiger partial charge in [0.2, 0.25) is 5.91 Å². The summed E-state index contributed by atoms with van der Waals surface area (Å²) in [6, 6.07) is 5.07. The van der Waals surface area contributed by atoms with Crippen molar-refractivity contribution in [3.63, 3.8) is 0 Å². The third-order valence-corrected chi connectivity index (χ3v) is 3.58. The van der Waals surface area contributed by atoms with Gasteiger partial charge in [-0.2, -0.15) is 0 Å². The molecule has 0 heterocycles. The van der Waals surface area contributed by atoms with E-state index in [1.165, 1.54) is 0 Å². The minimum Gasteiger partial charge on any atom is -0.396 e. The third-order valence-electron chi connectivity index (χ3n) is 2.95. The molecule has 0 aromatic heterocycles. The van der Waals surface area contributed by atoms with Crippen LogP contribution in [0.25, 0.3) is 0 Å². The van der Waals surface area contributed by atoms with Gasteiger partial charge < -0.3 is 15.7 Å². The summed E-state index contributed by atoms with van der Waals surface area (Å²) in [5.41, 5.74) is 0.417. The molecule has 0 aliphatic rings. The number of carbonyl (C=O) groups is 1. The van der Waals surface area contributed by atoms with Gasteiger partial charge in [0.25, 0.3) is 0 Å². The van der Waals surface area contributed by atoms with Crippen LogP contribution in [0.5, 0.6) is 0 Å². The molecule has 2 unspecified atom stereocenters. The Morgan fingerprint density at radius 3 is 2.42 bits per heavy atom. The molecule has 2 atom stereocenters. The van der Waals surface area contributed by atoms with Crippen molar-refractivity contribution in [2.75, 3.05) is 18.5 Å². The van der Waals surface area contributed by atoms with Gasteiger partial charge in [0.1, 0.15) is 0 Å². The molecule has 0 saturated carbocycles. The van der Waals surface area contributed by atoms with Crippen LogP contribution in [0.15, 0.2) is 18.2 Å². The molecule has 0 fully saturated rings. The predicted molar refractivity (Wildman–Crippen MR) is 78.8 cm³/mol. The van der Waals surface area contributed by atoms with Crippen LogP contribution in [-0.4, -0.2) is 30.2 Å². The molecule has 4 nitrogen and oxygen atoms in total. The third kappa shape index (κ3) is 4.99. The number of benzene rings is 1. The molecule has 106 valence electrons. The molecule has 0 aliphatic heterocycles. The first-order valence-electron chi connectivity index (χ1n) is 6.03. The van der Waals surface area contributed by atoms with Crippen LogP contribution in [-0.2, 0) is 4.79 Å². The van der Waals surface area contributed by atoms with Gasteiger partial charge in [-0.15, -0.1) is 0 Å². The summed E-state index contributed by atoms with van der Waals surface area (Å²) in [7, 11) is 0. The number of amides is 1. The van der Waals surface area contributed by atoms with E-state index in [-0.39, 0.29) is 31.0 Å². The second kappa shape index (κ2) is 7.70. The van der Waals surface area contributed by atoms with E-state index in [1.54, 1.807) is 18.2 Å². The van der Waals surface area contributed by atoms with Crippen molar-refractivity contribution in [1.29, 1.82) is 0 Å². The zero-order valence-electron chi connectivity index (χ0n) is 10.9. The maximum absolute atomic E-state index is 11.8. The SMILES string of the molecule is CC(CO)C(C)NCC(=O)Nc1c(Cl)cccc1Cl. The molecular formula is C13H18Cl2N2O2. The summed E-state index contributed by atoms with van der Waals surface area (Å²) < 4.78 is 0. The maximum atomic E-state index is 11.8. The van der Waals surface area contributed by atoms with Gasteiger partial charge in [0.05, 0.1) is 22.3 Å². The summed E-state index contributed by atoms with van der Waals surface area (Å²) in [6.07, 6.45) is 0. The van der Waals surface area contributed by atoms with E-state index < -0.39 is 0 Å². The monoisotopic (exact) mass is 304 g/mol. The van der Waals surface area contributed by atoms with Crippen LogP contribution in [0.1, 0.15) is 13.8 Å². The number of aliphatic hydroxyl groups is 1. The standard InChI is InChI=1S/C13H18Cl2N2O2/c1-8(7-18)9(2)16-6-12(19)17-13-10(14)4-3-5-11(13)15/h3-5,8-9,16,18H,6-7H2,1-2H3,(H,17,19). The van der Waals surface area contributed by atoms with Crippen molar-refractivity contribution in [2.45, 2.75) is 19.9 Å². The molecule has 1 aromatic carbocycles. The molecule has 0 bridgehead atoms. The van der Waals surface area contributed by atoms with E-state index in [4.69, 9.17) is 28.3 Å². The highest BCUT2D eigenvalue weighted by atomic mass is 35.5. The minimum absolute atomic E-state index is 0.0393.